The first-order valence-electron chi connectivity index (χ1n) is 10.6. The van der Waals surface area contributed by atoms with E-state index in [0.29, 0.717) is 20.4 Å². The zero-order chi connectivity index (χ0) is 23.2. The molecule has 31 heavy (non-hydrogen) atoms. The highest BCUT2D eigenvalue weighted by molar-refractivity contribution is 8.08. The summed E-state index contributed by atoms with van der Waals surface area (Å²) < 4.78 is 27.3. The predicted octanol–water partition coefficient (Wildman–Crippen LogP) is 6.75. The van der Waals surface area contributed by atoms with Crippen molar-refractivity contribution in [3.8, 4) is 11.5 Å². The molecule has 2 aromatic rings. The van der Waals surface area contributed by atoms with E-state index in [2.05, 4.69) is 45.0 Å². The van der Waals surface area contributed by atoms with E-state index >= 15 is 0 Å². The number of benzene rings is 2. The summed E-state index contributed by atoms with van der Waals surface area (Å²) in [5.41, 5.74) is 5.54. The Kier molecular flexibility index (Phi) is 8.82. The van der Waals surface area contributed by atoms with Gasteiger partial charge in [0, 0.05) is 16.2 Å². The van der Waals surface area contributed by atoms with Gasteiger partial charge in [-0.3, -0.25) is 0 Å². The van der Waals surface area contributed by atoms with E-state index in [4.69, 9.17) is 0 Å². The van der Waals surface area contributed by atoms with Crippen LogP contribution in [0, 0.1) is 30.7 Å². The van der Waals surface area contributed by atoms with E-state index < -0.39 is 29.7 Å². The number of hydrogen-bond donors (Lipinski definition) is 0. The van der Waals surface area contributed by atoms with Gasteiger partial charge in [-0.15, -0.1) is 11.5 Å². The SMILES string of the molecule is Cc1ccc([S@](=O)C(=CCC(C)(C)CC#C[Si](C)(C)C)[S@@](=O)c2ccc(C)cc2)cc1. The third-order valence-electron chi connectivity index (χ3n) is 4.69. The van der Waals surface area contributed by atoms with Crippen LogP contribution in [0.4, 0.5) is 0 Å². The zero-order valence-electron chi connectivity index (χ0n) is 19.7. The average Bonchev–Trinajstić information content (AvgIpc) is 2.67. The summed E-state index contributed by atoms with van der Waals surface area (Å²) >= 11 is 0. The molecule has 0 saturated carbocycles. The molecule has 0 aromatic heterocycles. The van der Waals surface area contributed by atoms with Crippen molar-refractivity contribution < 1.29 is 8.42 Å². The number of aryl methyl sites for hydroxylation is 2. The highest BCUT2D eigenvalue weighted by atomic mass is 32.2. The van der Waals surface area contributed by atoms with Gasteiger partial charge in [0.05, 0.1) is 21.6 Å². The van der Waals surface area contributed by atoms with E-state index in [-0.39, 0.29) is 5.41 Å². The molecule has 0 spiro atoms. The average molecular weight is 471 g/mol. The summed E-state index contributed by atoms with van der Waals surface area (Å²) in [6, 6.07) is 15.2. The van der Waals surface area contributed by atoms with Gasteiger partial charge in [-0.1, -0.05) is 75.0 Å². The Morgan fingerprint density at radius 2 is 1.29 bits per heavy atom. The van der Waals surface area contributed by atoms with Gasteiger partial charge in [0.15, 0.2) is 0 Å². The van der Waals surface area contributed by atoms with E-state index in [9.17, 15) is 8.42 Å². The maximum atomic E-state index is 13.4. The molecule has 0 amide bonds. The van der Waals surface area contributed by atoms with Gasteiger partial charge >= 0.3 is 0 Å². The fraction of sp³-hybridized carbons (Fsp3) is 0.385. The third kappa shape index (κ3) is 8.37. The van der Waals surface area contributed by atoms with Crippen LogP contribution in [0.2, 0.25) is 19.6 Å². The van der Waals surface area contributed by atoms with E-state index in [1.165, 1.54) is 0 Å². The summed E-state index contributed by atoms with van der Waals surface area (Å²) in [6.07, 6.45) is 3.34. The van der Waals surface area contributed by atoms with Crippen LogP contribution in [0.15, 0.2) is 68.6 Å². The van der Waals surface area contributed by atoms with Crippen molar-refractivity contribution in [3.05, 3.63) is 70.0 Å². The smallest absolute Gasteiger partial charge is 0.129 e. The zero-order valence-corrected chi connectivity index (χ0v) is 22.4. The second-order valence-corrected chi connectivity index (χ2v) is 17.7. The molecule has 0 radical (unpaired) electrons. The Bertz CT molecular complexity index is 973. The Hall–Kier alpha value is -1.74. The summed E-state index contributed by atoms with van der Waals surface area (Å²) in [6.45, 7) is 15.0. The summed E-state index contributed by atoms with van der Waals surface area (Å²) in [4.78, 5) is 1.35. The summed E-state index contributed by atoms with van der Waals surface area (Å²) in [5.74, 6) is 3.35. The van der Waals surface area contributed by atoms with Gasteiger partial charge in [0.25, 0.3) is 0 Å². The van der Waals surface area contributed by atoms with Crippen molar-refractivity contribution in [1.29, 1.82) is 0 Å². The van der Waals surface area contributed by atoms with E-state index in [1.54, 1.807) is 0 Å². The van der Waals surface area contributed by atoms with Crippen LogP contribution in [0.1, 0.15) is 37.8 Å². The van der Waals surface area contributed by atoms with Crippen LogP contribution < -0.4 is 0 Å². The molecule has 0 aliphatic rings. The van der Waals surface area contributed by atoms with Crippen molar-refractivity contribution in [2.24, 2.45) is 5.41 Å². The van der Waals surface area contributed by atoms with Crippen LogP contribution in [-0.2, 0) is 21.6 Å². The lowest BCUT2D eigenvalue weighted by Crippen LogP contribution is -2.17. The lowest BCUT2D eigenvalue weighted by atomic mass is 9.86. The van der Waals surface area contributed by atoms with Gasteiger partial charge in [0.1, 0.15) is 12.3 Å². The monoisotopic (exact) mass is 470 g/mol. The molecule has 0 heterocycles. The highest BCUT2D eigenvalue weighted by Gasteiger charge is 2.22. The van der Waals surface area contributed by atoms with Crippen molar-refractivity contribution >= 4 is 29.7 Å². The number of hydrogen-bond acceptors (Lipinski definition) is 2. The molecular weight excluding hydrogens is 437 g/mol. The maximum Gasteiger partial charge on any atom is 0.129 e. The molecule has 0 bridgehead atoms. The topological polar surface area (TPSA) is 34.1 Å². The summed E-state index contributed by atoms with van der Waals surface area (Å²) in [5, 5.41) is 0. The van der Waals surface area contributed by atoms with Gasteiger partial charge in [-0.25, -0.2) is 8.42 Å². The van der Waals surface area contributed by atoms with Crippen LogP contribution in [-0.4, -0.2) is 16.5 Å². The first kappa shape index (κ1) is 25.5. The van der Waals surface area contributed by atoms with Crippen molar-refractivity contribution in [2.45, 2.75) is 70.0 Å². The molecule has 0 unspecified atom stereocenters. The molecule has 0 fully saturated rings. The van der Waals surface area contributed by atoms with Crippen LogP contribution >= 0.6 is 0 Å². The molecule has 166 valence electrons. The minimum Gasteiger partial charge on any atom is -0.248 e. The van der Waals surface area contributed by atoms with Crippen LogP contribution in [0.25, 0.3) is 0 Å². The lowest BCUT2D eigenvalue weighted by molar-refractivity contribution is 0.383. The molecule has 0 aliphatic carbocycles. The minimum atomic E-state index is -1.49. The van der Waals surface area contributed by atoms with Gasteiger partial charge in [-0.05, 0) is 49.9 Å². The van der Waals surface area contributed by atoms with Crippen molar-refractivity contribution in [1.82, 2.24) is 0 Å². The molecule has 5 heteroatoms. The second-order valence-electron chi connectivity index (χ2n) is 9.78. The van der Waals surface area contributed by atoms with Crippen LogP contribution in [0.3, 0.4) is 0 Å². The Morgan fingerprint density at radius 3 is 1.68 bits per heavy atom. The largest absolute Gasteiger partial charge is 0.248 e. The van der Waals surface area contributed by atoms with E-state index in [0.717, 1.165) is 17.5 Å². The Labute approximate surface area is 194 Å². The molecule has 2 nitrogen and oxygen atoms in total. The maximum absolute atomic E-state index is 13.4. The fourth-order valence-corrected chi connectivity index (χ4v) is 6.20. The molecule has 2 aromatic carbocycles. The summed E-state index contributed by atoms with van der Waals surface area (Å²) in [7, 11) is -4.39. The Balaban J connectivity index is 2.37. The van der Waals surface area contributed by atoms with Gasteiger partial charge in [-0.2, -0.15) is 0 Å². The fourth-order valence-electron chi connectivity index (χ4n) is 2.76. The molecular formula is C26H34O2S2Si. The first-order chi connectivity index (χ1) is 14.4. The van der Waals surface area contributed by atoms with Crippen molar-refractivity contribution in [2.75, 3.05) is 0 Å². The van der Waals surface area contributed by atoms with Crippen molar-refractivity contribution in [3.63, 3.8) is 0 Å². The first-order valence-corrected chi connectivity index (χ1v) is 16.3. The highest BCUT2D eigenvalue weighted by Crippen LogP contribution is 2.30. The van der Waals surface area contributed by atoms with E-state index in [1.807, 2.05) is 68.5 Å². The second kappa shape index (κ2) is 10.7. The third-order valence-corrected chi connectivity index (χ3v) is 8.99. The van der Waals surface area contributed by atoms with Gasteiger partial charge < -0.3 is 0 Å². The minimum absolute atomic E-state index is 0.0904. The molecule has 0 N–H and O–H groups in total. The quantitative estimate of drug-likeness (QED) is 0.331. The van der Waals surface area contributed by atoms with Gasteiger partial charge in [0.2, 0.25) is 0 Å². The molecule has 2 rings (SSSR count). The number of allylic oxidation sites excluding steroid dienone is 1. The van der Waals surface area contributed by atoms with Crippen LogP contribution in [0.5, 0.6) is 0 Å². The Morgan fingerprint density at radius 1 is 0.871 bits per heavy atom. The standard InChI is InChI=1S/C26H34O2S2Si/c1-21-9-13-23(14-10-21)29(27)25(30(28)24-15-11-22(2)12-16-24)17-19-26(3,4)18-8-20-31(5,6)7/h9-17H,18-19H2,1-7H3/t29-,30-/m0/s1. The predicted molar refractivity (Wildman–Crippen MR) is 137 cm³/mol. The molecule has 2 atom stereocenters. The normalized spacial score (nSPS) is 13.6. The number of rotatable bonds is 7. The lowest BCUT2D eigenvalue weighted by Gasteiger charge is -2.21. The molecule has 0 saturated heterocycles. The molecule has 0 aliphatic heterocycles.